The van der Waals surface area contributed by atoms with Gasteiger partial charge in [0.1, 0.15) is 5.01 Å². The number of aromatic nitrogens is 1. The molecule has 1 fully saturated rings. The fourth-order valence-corrected chi connectivity index (χ4v) is 3.71. The first kappa shape index (κ1) is 14.7. The first-order valence-corrected chi connectivity index (χ1v) is 8.07. The Balaban J connectivity index is 1.87. The van der Waals surface area contributed by atoms with Gasteiger partial charge in [0.15, 0.2) is 0 Å². The number of amides is 2. The normalized spacial score (nSPS) is 17.7. The van der Waals surface area contributed by atoms with Crippen LogP contribution in [-0.4, -0.2) is 28.2 Å². The predicted octanol–water partition coefficient (Wildman–Crippen LogP) is 2.53. The summed E-state index contributed by atoms with van der Waals surface area (Å²) in [4.78, 5) is 30.4. The van der Waals surface area contributed by atoms with E-state index in [-0.39, 0.29) is 11.9 Å². The number of carbonyl (C=O) groups excluding carboxylic acids is 2. The Labute approximate surface area is 132 Å². The molecular weight excluding hydrogens is 298 g/mol. The Morgan fingerprint density at radius 2 is 2.14 bits per heavy atom. The standard InChI is InChI=1S/C16H17N3O2S/c1-10-9-22-15(18-10)13-6-3-7-19(13)16(21)12-5-2-4-11(8-12)14(17)20/h2,4-5,8-9,13H,3,6-7H2,1H3,(H2,17,20). The molecule has 1 aliphatic heterocycles. The summed E-state index contributed by atoms with van der Waals surface area (Å²) in [5.74, 6) is -0.596. The van der Waals surface area contributed by atoms with Crippen LogP contribution in [-0.2, 0) is 0 Å². The van der Waals surface area contributed by atoms with Gasteiger partial charge in [-0.25, -0.2) is 4.98 Å². The topological polar surface area (TPSA) is 76.3 Å². The summed E-state index contributed by atoms with van der Waals surface area (Å²) in [7, 11) is 0. The number of aryl methyl sites for hydroxylation is 1. The molecule has 1 atom stereocenters. The summed E-state index contributed by atoms with van der Waals surface area (Å²) < 4.78 is 0. The molecule has 114 valence electrons. The average Bonchev–Trinajstić information content (AvgIpc) is 3.15. The number of benzene rings is 1. The lowest BCUT2D eigenvalue weighted by Crippen LogP contribution is -2.30. The summed E-state index contributed by atoms with van der Waals surface area (Å²) in [6.45, 7) is 2.67. The van der Waals surface area contributed by atoms with E-state index in [2.05, 4.69) is 4.98 Å². The van der Waals surface area contributed by atoms with Gasteiger partial charge >= 0.3 is 0 Å². The van der Waals surface area contributed by atoms with Gasteiger partial charge in [0, 0.05) is 28.7 Å². The lowest BCUT2D eigenvalue weighted by atomic mass is 10.1. The minimum atomic E-state index is -0.525. The van der Waals surface area contributed by atoms with E-state index in [9.17, 15) is 9.59 Å². The monoisotopic (exact) mass is 315 g/mol. The van der Waals surface area contributed by atoms with Crippen LogP contribution < -0.4 is 5.73 Å². The second-order valence-electron chi connectivity index (χ2n) is 5.43. The maximum Gasteiger partial charge on any atom is 0.254 e. The molecule has 1 aromatic carbocycles. The number of likely N-dealkylation sites (tertiary alicyclic amines) is 1. The Kier molecular flexibility index (Phi) is 3.94. The van der Waals surface area contributed by atoms with Crippen molar-refractivity contribution in [3.8, 4) is 0 Å². The quantitative estimate of drug-likeness (QED) is 0.945. The van der Waals surface area contributed by atoms with Crippen LogP contribution in [0.5, 0.6) is 0 Å². The molecule has 0 saturated carbocycles. The second kappa shape index (κ2) is 5.88. The molecule has 5 nitrogen and oxygen atoms in total. The maximum absolute atomic E-state index is 12.8. The molecule has 1 unspecified atom stereocenters. The van der Waals surface area contributed by atoms with Gasteiger partial charge in [0.25, 0.3) is 5.91 Å². The summed E-state index contributed by atoms with van der Waals surface area (Å²) >= 11 is 1.59. The number of nitrogens with zero attached hydrogens (tertiary/aromatic N) is 2. The first-order chi connectivity index (χ1) is 10.6. The molecule has 0 spiro atoms. The largest absolute Gasteiger partial charge is 0.366 e. The van der Waals surface area contributed by atoms with Crippen LogP contribution in [0.25, 0.3) is 0 Å². The molecule has 2 amide bonds. The zero-order valence-corrected chi connectivity index (χ0v) is 13.1. The number of thiazole rings is 1. The highest BCUT2D eigenvalue weighted by Crippen LogP contribution is 2.34. The predicted molar refractivity (Wildman–Crippen MR) is 84.8 cm³/mol. The molecule has 0 radical (unpaired) electrons. The van der Waals surface area contributed by atoms with Gasteiger partial charge < -0.3 is 10.6 Å². The molecule has 2 aromatic rings. The van der Waals surface area contributed by atoms with E-state index in [0.29, 0.717) is 17.7 Å². The first-order valence-electron chi connectivity index (χ1n) is 7.19. The number of hydrogen-bond donors (Lipinski definition) is 1. The second-order valence-corrected chi connectivity index (χ2v) is 6.32. The highest BCUT2D eigenvalue weighted by Gasteiger charge is 2.32. The van der Waals surface area contributed by atoms with Crippen molar-refractivity contribution in [2.24, 2.45) is 5.73 Å². The molecule has 3 rings (SSSR count). The van der Waals surface area contributed by atoms with Crippen molar-refractivity contribution in [3.05, 3.63) is 51.5 Å². The molecule has 1 aliphatic rings. The summed E-state index contributed by atoms with van der Waals surface area (Å²) in [5.41, 5.74) is 7.12. The number of nitrogens with two attached hydrogens (primary N) is 1. The van der Waals surface area contributed by atoms with E-state index in [0.717, 1.165) is 23.5 Å². The molecule has 1 aromatic heterocycles. The minimum absolute atomic E-state index is 0.0310. The third-order valence-electron chi connectivity index (χ3n) is 3.83. The van der Waals surface area contributed by atoms with E-state index in [1.807, 2.05) is 17.2 Å². The fourth-order valence-electron chi connectivity index (χ4n) is 2.76. The molecule has 22 heavy (non-hydrogen) atoms. The number of hydrogen-bond acceptors (Lipinski definition) is 4. The SMILES string of the molecule is Cc1csc(C2CCCN2C(=O)c2cccc(C(N)=O)c2)n1. The van der Waals surface area contributed by atoms with Crippen LogP contribution in [0.15, 0.2) is 29.6 Å². The minimum Gasteiger partial charge on any atom is -0.366 e. The van der Waals surface area contributed by atoms with Crippen molar-refractivity contribution in [1.29, 1.82) is 0 Å². The van der Waals surface area contributed by atoms with Crippen LogP contribution in [0, 0.1) is 6.92 Å². The molecule has 1 saturated heterocycles. The van der Waals surface area contributed by atoms with Crippen LogP contribution >= 0.6 is 11.3 Å². The van der Waals surface area contributed by atoms with E-state index in [1.165, 1.54) is 0 Å². The number of carbonyl (C=O) groups is 2. The maximum atomic E-state index is 12.8. The van der Waals surface area contributed by atoms with Gasteiger partial charge in [-0.3, -0.25) is 9.59 Å². The van der Waals surface area contributed by atoms with E-state index >= 15 is 0 Å². The molecule has 0 bridgehead atoms. The highest BCUT2D eigenvalue weighted by molar-refractivity contribution is 7.09. The molecule has 0 aliphatic carbocycles. The Bertz CT molecular complexity index is 726. The Morgan fingerprint density at radius 3 is 2.82 bits per heavy atom. The molecule has 2 heterocycles. The molecule has 6 heteroatoms. The highest BCUT2D eigenvalue weighted by atomic mass is 32.1. The van der Waals surface area contributed by atoms with Crippen LogP contribution in [0.4, 0.5) is 0 Å². The average molecular weight is 315 g/mol. The van der Waals surface area contributed by atoms with Crippen molar-refractivity contribution < 1.29 is 9.59 Å². The summed E-state index contributed by atoms with van der Waals surface area (Å²) in [5, 5.41) is 2.98. The molecular formula is C16H17N3O2S. The Hall–Kier alpha value is -2.21. The van der Waals surface area contributed by atoms with Crippen molar-refractivity contribution in [2.45, 2.75) is 25.8 Å². The van der Waals surface area contributed by atoms with Gasteiger partial charge in [-0.05, 0) is 38.0 Å². The van der Waals surface area contributed by atoms with Crippen LogP contribution in [0.2, 0.25) is 0 Å². The lowest BCUT2D eigenvalue weighted by molar-refractivity contribution is 0.0735. The third-order valence-corrected chi connectivity index (χ3v) is 4.89. The molecule has 2 N–H and O–H groups in total. The van der Waals surface area contributed by atoms with E-state index < -0.39 is 5.91 Å². The Morgan fingerprint density at radius 1 is 1.36 bits per heavy atom. The van der Waals surface area contributed by atoms with Gasteiger partial charge in [-0.1, -0.05) is 6.07 Å². The summed E-state index contributed by atoms with van der Waals surface area (Å²) in [6, 6.07) is 6.62. The van der Waals surface area contributed by atoms with E-state index in [4.69, 9.17) is 5.73 Å². The smallest absolute Gasteiger partial charge is 0.254 e. The van der Waals surface area contributed by atoms with Crippen molar-refractivity contribution >= 4 is 23.2 Å². The zero-order chi connectivity index (χ0) is 15.7. The van der Waals surface area contributed by atoms with Gasteiger partial charge in [0.2, 0.25) is 5.91 Å². The fraction of sp³-hybridized carbons (Fsp3) is 0.312. The lowest BCUT2D eigenvalue weighted by Gasteiger charge is -2.23. The van der Waals surface area contributed by atoms with Gasteiger partial charge in [-0.2, -0.15) is 0 Å². The van der Waals surface area contributed by atoms with E-state index in [1.54, 1.807) is 35.6 Å². The van der Waals surface area contributed by atoms with Gasteiger partial charge in [0.05, 0.1) is 6.04 Å². The number of primary amides is 1. The summed E-state index contributed by atoms with van der Waals surface area (Å²) in [6.07, 6.45) is 1.89. The third kappa shape index (κ3) is 2.74. The van der Waals surface area contributed by atoms with Crippen molar-refractivity contribution in [1.82, 2.24) is 9.88 Å². The van der Waals surface area contributed by atoms with Crippen LogP contribution in [0.1, 0.15) is 50.3 Å². The van der Waals surface area contributed by atoms with Crippen molar-refractivity contribution in [2.75, 3.05) is 6.54 Å². The zero-order valence-electron chi connectivity index (χ0n) is 12.3. The van der Waals surface area contributed by atoms with Crippen LogP contribution in [0.3, 0.4) is 0 Å². The number of rotatable bonds is 3. The van der Waals surface area contributed by atoms with Gasteiger partial charge in [-0.15, -0.1) is 11.3 Å². The van der Waals surface area contributed by atoms with Crippen molar-refractivity contribution in [3.63, 3.8) is 0 Å².